The van der Waals surface area contributed by atoms with Crippen molar-refractivity contribution in [3.05, 3.63) is 0 Å². The zero-order valence-electron chi connectivity index (χ0n) is 10.6. The van der Waals surface area contributed by atoms with E-state index in [0.717, 1.165) is 32.4 Å². The van der Waals surface area contributed by atoms with Crippen LogP contribution in [0.5, 0.6) is 0 Å². The second-order valence-corrected chi connectivity index (χ2v) is 5.42. The SMILES string of the molecule is CN1CCC(NC(=O)C2(C)CCCNC2)C1=O. The van der Waals surface area contributed by atoms with Gasteiger partial charge in [0, 0.05) is 20.1 Å². The summed E-state index contributed by atoms with van der Waals surface area (Å²) < 4.78 is 0. The van der Waals surface area contributed by atoms with Crippen molar-refractivity contribution in [2.24, 2.45) is 5.41 Å². The number of hydrogen-bond acceptors (Lipinski definition) is 3. The molecule has 2 fully saturated rings. The van der Waals surface area contributed by atoms with Crippen molar-refractivity contribution in [3.8, 4) is 0 Å². The van der Waals surface area contributed by atoms with Gasteiger partial charge < -0.3 is 15.5 Å². The van der Waals surface area contributed by atoms with E-state index in [4.69, 9.17) is 0 Å². The number of nitrogens with one attached hydrogen (secondary N) is 2. The van der Waals surface area contributed by atoms with Crippen molar-refractivity contribution < 1.29 is 9.59 Å². The Hall–Kier alpha value is -1.10. The van der Waals surface area contributed by atoms with Crippen LogP contribution in [0.2, 0.25) is 0 Å². The molecule has 2 aliphatic heterocycles. The first-order valence-electron chi connectivity index (χ1n) is 6.30. The van der Waals surface area contributed by atoms with Gasteiger partial charge in [0.2, 0.25) is 11.8 Å². The molecule has 0 spiro atoms. The Morgan fingerprint density at radius 2 is 2.35 bits per heavy atom. The van der Waals surface area contributed by atoms with Crippen molar-refractivity contribution in [1.82, 2.24) is 15.5 Å². The van der Waals surface area contributed by atoms with Gasteiger partial charge in [0.15, 0.2) is 0 Å². The standard InChI is InChI=1S/C12H21N3O2/c1-12(5-3-6-13-8-12)11(17)14-9-4-7-15(2)10(9)16/h9,13H,3-8H2,1-2H3,(H,14,17). The molecule has 2 unspecified atom stereocenters. The fraction of sp³-hybridized carbons (Fsp3) is 0.833. The van der Waals surface area contributed by atoms with Gasteiger partial charge in [-0.3, -0.25) is 9.59 Å². The van der Waals surface area contributed by atoms with Gasteiger partial charge in [-0.15, -0.1) is 0 Å². The number of carbonyl (C=O) groups excluding carboxylic acids is 2. The average molecular weight is 239 g/mol. The molecule has 0 radical (unpaired) electrons. The molecule has 2 amide bonds. The average Bonchev–Trinajstić information content (AvgIpc) is 2.62. The maximum absolute atomic E-state index is 12.2. The minimum absolute atomic E-state index is 0.0124. The zero-order chi connectivity index (χ0) is 12.5. The van der Waals surface area contributed by atoms with Crippen LogP contribution in [0, 0.1) is 5.41 Å². The van der Waals surface area contributed by atoms with Gasteiger partial charge in [-0.2, -0.15) is 0 Å². The number of nitrogens with zero attached hydrogens (tertiary/aromatic N) is 1. The molecule has 2 rings (SSSR count). The zero-order valence-corrected chi connectivity index (χ0v) is 10.6. The Labute approximate surface area is 102 Å². The quantitative estimate of drug-likeness (QED) is 0.697. The molecule has 2 aliphatic rings. The molecular weight excluding hydrogens is 218 g/mol. The Morgan fingerprint density at radius 3 is 2.88 bits per heavy atom. The van der Waals surface area contributed by atoms with E-state index in [1.807, 2.05) is 6.92 Å². The molecule has 0 aliphatic carbocycles. The van der Waals surface area contributed by atoms with Crippen LogP contribution < -0.4 is 10.6 Å². The molecule has 2 heterocycles. The first-order valence-corrected chi connectivity index (χ1v) is 6.30. The third-order valence-corrected chi connectivity index (χ3v) is 3.88. The molecule has 2 saturated heterocycles. The second-order valence-electron chi connectivity index (χ2n) is 5.42. The van der Waals surface area contributed by atoms with Crippen LogP contribution in [0.3, 0.4) is 0 Å². The molecule has 0 aromatic rings. The molecule has 0 aromatic heterocycles. The van der Waals surface area contributed by atoms with Crippen LogP contribution in [0.25, 0.3) is 0 Å². The highest BCUT2D eigenvalue weighted by molar-refractivity contribution is 5.91. The van der Waals surface area contributed by atoms with Gasteiger partial charge in [0.1, 0.15) is 6.04 Å². The van der Waals surface area contributed by atoms with E-state index in [2.05, 4.69) is 10.6 Å². The van der Waals surface area contributed by atoms with E-state index < -0.39 is 0 Å². The number of rotatable bonds is 2. The lowest BCUT2D eigenvalue weighted by molar-refractivity contribution is -0.136. The normalized spacial score (nSPS) is 33.9. The highest BCUT2D eigenvalue weighted by atomic mass is 16.2. The van der Waals surface area contributed by atoms with Gasteiger partial charge in [0.05, 0.1) is 5.41 Å². The van der Waals surface area contributed by atoms with E-state index in [9.17, 15) is 9.59 Å². The summed E-state index contributed by atoms with van der Waals surface area (Å²) in [6.07, 6.45) is 2.63. The summed E-state index contributed by atoms with van der Waals surface area (Å²) in [5.41, 5.74) is -0.361. The fourth-order valence-electron chi connectivity index (χ4n) is 2.54. The Bertz CT molecular complexity index is 324. The van der Waals surface area contributed by atoms with E-state index in [0.29, 0.717) is 6.54 Å². The van der Waals surface area contributed by atoms with Crippen LogP contribution in [0.1, 0.15) is 26.2 Å². The predicted octanol–water partition coefficient (Wildman–Crippen LogP) is -0.277. The molecule has 2 N–H and O–H groups in total. The fourth-order valence-corrected chi connectivity index (χ4v) is 2.54. The van der Waals surface area contributed by atoms with Crippen LogP contribution in [-0.4, -0.2) is 49.4 Å². The van der Waals surface area contributed by atoms with Crippen molar-refractivity contribution in [1.29, 1.82) is 0 Å². The molecule has 0 bridgehead atoms. The molecular formula is C12H21N3O2. The Kier molecular flexibility index (Phi) is 3.38. The molecule has 0 saturated carbocycles. The molecule has 0 aromatic carbocycles. The lowest BCUT2D eigenvalue weighted by Gasteiger charge is -2.33. The second kappa shape index (κ2) is 4.64. The van der Waals surface area contributed by atoms with E-state index >= 15 is 0 Å². The van der Waals surface area contributed by atoms with Crippen molar-refractivity contribution in [2.45, 2.75) is 32.2 Å². The highest BCUT2D eigenvalue weighted by Crippen LogP contribution is 2.26. The minimum Gasteiger partial charge on any atom is -0.344 e. The van der Waals surface area contributed by atoms with Gasteiger partial charge in [0.25, 0.3) is 0 Å². The molecule has 17 heavy (non-hydrogen) atoms. The minimum atomic E-state index is -0.361. The van der Waals surface area contributed by atoms with Crippen LogP contribution in [0.15, 0.2) is 0 Å². The summed E-state index contributed by atoms with van der Waals surface area (Å²) in [4.78, 5) is 25.6. The maximum Gasteiger partial charge on any atom is 0.244 e. The smallest absolute Gasteiger partial charge is 0.244 e. The molecule has 2 atom stereocenters. The van der Waals surface area contributed by atoms with E-state index in [1.54, 1.807) is 11.9 Å². The number of likely N-dealkylation sites (tertiary alicyclic amines) is 1. The van der Waals surface area contributed by atoms with E-state index in [-0.39, 0.29) is 23.3 Å². The van der Waals surface area contributed by atoms with Gasteiger partial charge >= 0.3 is 0 Å². The van der Waals surface area contributed by atoms with Gasteiger partial charge in [-0.25, -0.2) is 0 Å². The number of likely N-dealkylation sites (N-methyl/N-ethyl adjacent to an activating group) is 1. The third kappa shape index (κ3) is 2.44. The lowest BCUT2D eigenvalue weighted by Crippen LogP contribution is -2.52. The third-order valence-electron chi connectivity index (χ3n) is 3.88. The largest absolute Gasteiger partial charge is 0.344 e. The summed E-state index contributed by atoms with van der Waals surface area (Å²) in [5.74, 6) is 0.0454. The van der Waals surface area contributed by atoms with Crippen LogP contribution in [0.4, 0.5) is 0 Å². The van der Waals surface area contributed by atoms with Crippen molar-refractivity contribution in [3.63, 3.8) is 0 Å². The number of piperidine rings is 1. The van der Waals surface area contributed by atoms with Gasteiger partial charge in [-0.1, -0.05) is 0 Å². The number of amides is 2. The highest BCUT2D eigenvalue weighted by Gasteiger charge is 2.38. The number of hydrogen-bond donors (Lipinski definition) is 2. The summed E-state index contributed by atoms with van der Waals surface area (Å²) >= 11 is 0. The summed E-state index contributed by atoms with van der Waals surface area (Å²) in [7, 11) is 1.78. The molecule has 96 valence electrons. The lowest BCUT2D eigenvalue weighted by atomic mass is 9.81. The summed E-state index contributed by atoms with van der Waals surface area (Å²) in [6, 6.07) is -0.314. The summed E-state index contributed by atoms with van der Waals surface area (Å²) in [6.45, 7) is 4.39. The van der Waals surface area contributed by atoms with E-state index in [1.165, 1.54) is 0 Å². The first-order chi connectivity index (χ1) is 8.03. The molecule has 5 nitrogen and oxygen atoms in total. The maximum atomic E-state index is 12.2. The summed E-state index contributed by atoms with van der Waals surface area (Å²) in [5, 5.41) is 6.14. The van der Waals surface area contributed by atoms with Crippen molar-refractivity contribution in [2.75, 3.05) is 26.7 Å². The van der Waals surface area contributed by atoms with Crippen molar-refractivity contribution >= 4 is 11.8 Å². The number of carbonyl (C=O) groups is 2. The topological polar surface area (TPSA) is 61.4 Å². The van der Waals surface area contributed by atoms with Gasteiger partial charge in [-0.05, 0) is 32.7 Å². The monoisotopic (exact) mass is 239 g/mol. The Balaban J connectivity index is 1.94. The van der Waals surface area contributed by atoms with Crippen LogP contribution in [-0.2, 0) is 9.59 Å². The first kappa shape index (κ1) is 12.4. The Morgan fingerprint density at radius 1 is 1.59 bits per heavy atom. The van der Waals surface area contributed by atoms with Crippen LogP contribution >= 0.6 is 0 Å². The predicted molar refractivity (Wildman–Crippen MR) is 64.4 cm³/mol. The molecule has 5 heteroatoms.